The maximum Gasteiger partial charge on any atom is 0.200 e. The zero-order valence-electron chi connectivity index (χ0n) is 14.3. The maximum absolute atomic E-state index is 10.0. The van der Waals surface area contributed by atoms with Gasteiger partial charge in [-0.25, -0.2) is 0 Å². The van der Waals surface area contributed by atoms with Crippen LogP contribution in [0.5, 0.6) is 17.2 Å². The van der Waals surface area contributed by atoms with Crippen molar-refractivity contribution in [2.24, 2.45) is 0 Å². The molecule has 2 aromatic rings. The molecule has 0 fully saturated rings. The first-order valence-corrected chi connectivity index (χ1v) is 8.45. The summed E-state index contributed by atoms with van der Waals surface area (Å²) in [5, 5.41) is 13.7. The van der Waals surface area contributed by atoms with Crippen LogP contribution in [0.2, 0.25) is 0 Å². The van der Waals surface area contributed by atoms with E-state index >= 15 is 0 Å². The second-order valence-electron chi connectivity index (χ2n) is 6.29. The van der Waals surface area contributed by atoms with Crippen LogP contribution in [0.4, 0.5) is 0 Å². The van der Waals surface area contributed by atoms with Gasteiger partial charge in [0, 0.05) is 12.6 Å². The summed E-state index contributed by atoms with van der Waals surface area (Å²) in [6.07, 6.45) is 4.59. The summed E-state index contributed by atoms with van der Waals surface area (Å²) in [6.45, 7) is 0.722. The summed E-state index contributed by atoms with van der Waals surface area (Å²) in [4.78, 5) is 0. The molecule has 0 amide bonds. The minimum Gasteiger partial charge on any atom is -0.502 e. The van der Waals surface area contributed by atoms with Gasteiger partial charge in [-0.1, -0.05) is 24.3 Å². The molecule has 1 aliphatic rings. The molecule has 1 aliphatic carbocycles. The van der Waals surface area contributed by atoms with E-state index in [0.717, 1.165) is 24.9 Å². The smallest absolute Gasteiger partial charge is 0.200 e. The summed E-state index contributed by atoms with van der Waals surface area (Å²) in [5.41, 5.74) is 3.97. The minimum absolute atomic E-state index is 0.0483. The number of aromatic hydroxyl groups is 1. The third kappa shape index (κ3) is 3.65. The van der Waals surface area contributed by atoms with E-state index in [4.69, 9.17) is 9.47 Å². The van der Waals surface area contributed by atoms with Crippen molar-refractivity contribution in [3.63, 3.8) is 0 Å². The molecule has 128 valence electrons. The summed E-state index contributed by atoms with van der Waals surface area (Å²) in [6, 6.07) is 12.9. The van der Waals surface area contributed by atoms with Gasteiger partial charge in [0.25, 0.3) is 0 Å². The topological polar surface area (TPSA) is 50.7 Å². The Hall–Kier alpha value is -2.20. The predicted molar refractivity (Wildman–Crippen MR) is 94.9 cm³/mol. The molecule has 0 bridgehead atoms. The SMILES string of the molecule is COc1cc(CNC2CCCc3ccccc3C2)cc(OC)c1O. The van der Waals surface area contributed by atoms with Crippen molar-refractivity contribution in [2.75, 3.05) is 14.2 Å². The molecule has 3 rings (SSSR count). The van der Waals surface area contributed by atoms with Crippen molar-refractivity contribution < 1.29 is 14.6 Å². The fourth-order valence-corrected chi connectivity index (χ4v) is 3.39. The predicted octanol–water partition coefficient (Wildman–Crippen LogP) is 3.45. The van der Waals surface area contributed by atoms with Crippen LogP contribution in [0.15, 0.2) is 36.4 Å². The Morgan fingerprint density at radius 1 is 1.08 bits per heavy atom. The Balaban J connectivity index is 1.70. The first-order valence-electron chi connectivity index (χ1n) is 8.45. The van der Waals surface area contributed by atoms with E-state index in [9.17, 15) is 5.11 Å². The van der Waals surface area contributed by atoms with Crippen LogP contribution in [0.1, 0.15) is 29.5 Å². The number of nitrogens with one attached hydrogen (secondary N) is 1. The Morgan fingerprint density at radius 3 is 2.42 bits per heavy atom. The fourth-order valence-electron chi connectivity index (χ4n) is 3.39. The number of rotatable bonds is 5. The van der Waals surface area contributed by atoms with Gasteiger partial charge in [0.1, 0.15) is 0 Å². The van der Waals surface area contributed by atoms with Crippen molar-refractivity contribution in [3.05, 3.63) is 53.1 Å². The first-order chi connectivity index (χ1) is 11.7. The molecular formula is C20H25NO3. The number of methoxy groups -OCH3 is 2. The summed E-state index contributed by atoms with van der Waals surface area (Å²) in [5.74, 6) is 0.932. The van der Waals surface area contributed by atoms with E-state index in [1.807, 2.05) is 12.1 Å². The van der Waals surface area contributed by atoms with Crippen LogP contribution in [-0.4, -0.2) is 25.4 Å². The van der Waals surface area contributed by atoms with Gasteiger partial charge in [-0.15, -0.1) is 0 Å². The lowest BCUT2D eigenvalue weighted by molar-refractivity contribution is 0.338. The number of benzene rings is 2. The highest BCUT2D eigenvalue weighted by Crippen LogP contribution is 2.37. The molecule has 0 aliphatic heterocycles. The molecule has 0 aromatic heterocycles. The molecule has 1 atom stereocenters. The van der Waals surface area contributed by atoms with E-state index in [1.165, 1.54) is 24.0 Å². The number of fused-ring (bicyclic) bond motifs is 1. The standard InChI is InChI=1S/C20H25NO3/c1-23-18-10-14(11-19(24-2)20(18)22)13-21-17-9-5-8-15-6-3-4-7-16(15)12-17/h3-4,6-7,10-11,17,21-22H,5,8-9,12-13H2,1-2H3. The van der Waals surface area contributed by atoms with Gasteiger partial charge in [-0.05, 0) is 54.5 Å². The highest BCUT2D eigenvalue weighted by molar-refractivity contribution is 5.52. The molecule has 24 heavy (non-hydrogen) atoms. The summed E-state index contributed by atoms with van der Waals surface area (Å²) >= 11 is 0. The number of aryl methyl sites for hydroxylation is 1. The van der Waals surface area contributed by atoms with E-state index in [1.54, 1.807) is 14.2 Å². The van der Waals surface area contributed by atoms with Gasteiger partial charge in [0.05, 0.1) is 14.2 Å². The number of phenols is 1. The van der Waals surface area contributed by atoms with Crippen molar-refractivity contribution in [1.29, 1.82) is 0 Å². The summed E-state index contributed by atoms with van der Waals surface area (Å²) < 4.78 is 10.5. The average Bonchev–Trinajstić information content (AvgIpc) is 2.82. The van der Waals surface area contributed by atoms with Crippen molar-refractivity contribution in [2.45, 2.75) is 38.3 Å². The highest BCUT2D eigenvalue weighted by Gasteiger charge is 2.17. The second-order valence-corrected chi connectivity index (χ2v) is 6.29. The van der Waals surface area contributed by atoms with Crippen molar-refractivity contribution in [3.8, 4) is 17.2 Å². The van der Waals surface area contributed by atoms with E-state index < -0.39 is 0 Å². The van der Waals surface area contributed by atoms with Gasteiger partial charge < -0.3 is 19.9 Å². The highest BCUT2D eigenvalue weighted by atomic mass is 16.5. The van der Waals surface area contributed by atoms with Gasteiger partial charge in [-0.2, -0.15) is 0 Å². The molecule has 2 N–H and O–H groups in total. The molecule has 0 spiro atoms. The molecular weight excluding hydrogens is 302 g/mol. The summed E-state index contributed by atoms with van der Waals surface area (Å²) in [7, 11) is 3.10. The van der Waals surface area contributed by atoms with Gasteiger partial charge in [0.15, 0.2) is 11.5 Å². The Morgan fingerprint density at radius 2 is 1.75 bits per heavy atom. The van der Waals surface area contributed by atoms with Crippen LogP contribution < -0.4 is 14.8 Å². The molecule has 0 heterocycles. The van der Waals surface area contributed by atoms with Crippen molar-refractivity contribution in [1.82, 2.24) is 5.32 Å². The number of hydrogen-bond donors (Lipinski definition) is 2. The first kappa shape index (κ1) is 16.7. The van der Waals surface area contributed by atoms with E-state index in [0.29, 0.717) is 17.5 Å². The zero-order chi connectivity index (χ0) is 16.9. The largest absolute Gasteiger partial charge is 0.502 e. The Bertz CT molecular complexity index is 674. The fraction of sp³-hybridized carbons (Fsp3) is 0.400. The van der Waals surface area contributed by atoms with Crippen LogP contribution in [0.25, 0.3) is 0 Å². The molecule has 0 radical (unpaired) electrons. The monoisotopic (exact) mass is 327 g/mol. The Labute approximate surface area is 143 Å². The van der Waals surface area contributed by atoms with Crippen LogP contribution >= 0.6 is 0 Å². The minimum atomic E-state index is 0.0483. The van der Waals surface area contributed by atoms with Crippen LogP contribution in [0, 0.1) is 0 Å². The van der Waals surface area contributed by atoms with Gasteiger partial charge in [0.2, 0.25) is 5.75 Å². The molecule has 4 nitrogen and oxygen atoms in total. The van der Waals surface area contributed by atoms with Gasteiger partial charge in [-0.3, -0.25) is 0 Å². The number of phenolic OH excluding ortho intramolecular Hbond substituents is 1. The number of ether oxygens (including phenoxy) is 2. The lowest BCUT2D eigenvalue weighted by Gasteiger charge is -2.18. The van der Waals surface area contributed by atoms with Crippen LogP contribution in [0.3, 0.4) is 0 Å². The molecule has 4 heteroatoms. The third-order valence-corrected chi connectivity index (χ3v) is 4.72. The zero-order valence-corrected chi connectivity index (χ0v) is 14.3. The average molecular weight is 327 g/mol. The quantitative estimate of drug-likeness (QED) is 0.826. The molecule has 0 saturated heterocycles. The molecule has 1 unspecified atom stereocenters. The van der Waals surface area contributed by atoms with Gasteiger partial charge >= 0.3 is 0 Å². The van der Waals surface area contributed by atoms with E-state index in [2.05, 4.69) is 29.6 Å². The van der Waals surface area contributed by atoms with E-state index in [-0.39, 0.29) is 5.75 Å². The lowest BCUT2D eigenvalue weighted by atomic mass is 10.0. The third-order valence-electron chi connectivity index (χ3n) is 4.72. The Kier molecular flexibility index (Phi) is 5.26. The lowest BCUT2D eigenvalue weighted by Crippen LogP contribution is -2.30. The van der Waals surface area contributed by atoms with Crippen molar-refractivity contribution >= 4 is 0 Å². The second kappa shape index (κ2) is 7.58. The van der Waals surface area contributed by atoms with Crippen LogP contribution in [-0.2, 0) is 19.4 Å². The molecule has 0 saturated carbocycles. The maximum atomic E-state index is 10.0. The normalized spacial score (nSPS) is 17.0. The molecule has 2 aromatic carbocycles. The number of hydrogen-bond acceptors (Lipinski definition) is 4.